The van der Waals surface area contributed by atoms with Crippen LogP contribution in [0, 0.1) is 0 Å². The fraction of sp³-hybridized carbons (Fsp3) is 0.647. The van der Waals surface area contributed by atoms with Gasteiger partial charge in [-0.2, -0.15) is 0 Å². The molecule has 1 aromatic rings. The van der Waals surface area contributed by atoms with E-state index >= 15 is 0 Å². The van der Waals surface area contributed by atoms with E-state index in [-0.39, 0.29) is 0 Å². The van der Waals surface area contributed by atoms with Crippen LogP contribution < -0.4 is 10.1 Å². The molecule has 0 radical (unpaired) electrons. The van der Waals surface area contributed by atoms with Gasteiger partial charge in [0.1, 0.15) is 5.75 Å². The summed E-state index contributed by atoms with van der Waals surface area (Å²) in [4.78, 5) is 0. The molecule has 2 unspecified atom stereocenters. The van der Waals surface area contributed by atoms with Crippen molar-refractivity contribution in [1.82, 2.24) is 5.32 Å². The van der Waals surface area contributed by atoms with Crippen molar-refractivity contribution < 1.29 is 9.47 Å². The first-order valence-corrected chi connectivity index (χ1v) is 7.93. The van der Waals surface area contributed by atoms with Gasteiger partial charge in [0, 0.05) is 6.61 Å². The molecule has 1 fully saturated rings. The van der Waals surface area contributed by atoms with Gasteiger partial charge in [-0.25, -0.2) is 0 Å². The maximum atomic E-state index is 5.98. The Morgan fingerprint density at radius 3 is 2.65 bits per heavy atom. The van der Waals surface area contributed by atoms with Crippen LogP contribution in [0.1, 0.15) is 51.1 Å². The summed E-state index contributed by atoms with van der Waals surface area (Å²) in [5, 5.41) is 3.64. The standard InChI is InChI=1S/C17H27NO2/c1-3-12-18-17(16-7-5-6-13-20-16)14-8-10-15(11-9-14)19-4-2/h8-11,16-18H,3-7,12-13H2,1-2H3. The number of hydrogen-bond donors (Lipinski definition) is 1. The lowest BCUT2D eigenvalue weighted by Crippen LogP contribution is -2.36. The number of hydrogen-bond acceptors (Lipinski definition) is 3. The second-order valence-electron chi connectivity index (χ2n) is 5.34. The van der Waals surface area contributed by atoms with E-state index in [0.717, 1.165) is 31.7 Å². The van der Waals surface area contributed by atoms with Crippen LogP contribution in [-0.2, 0) is 4.74 Å². The minimum atomic E-state index is 0.297. The van der Waals surface area contributed by atoms with E-state index in [0.29, 0.717) is 18.8 Å². The first-order chi connectivity index (χ1) is 9.85. The first-order valence-electron chi connectivity index (χ1n) is 7.93. The zero-order valence-electron chi connectivity index (χ0n) is 12.7. The van der Waals surface area contributed by atoms with Crippen molar-refractivity contribution in [2.24, 2.45) is 0 Å². The molecule has 0 aliphatic carbocycles. The number of ether oxygens (including phenoxy) is 2. The van der Waals surface area contributed by atoms with Gasteiger partial charge in [0.05, 0.1) is 18.8 Å². The predicted octanol–water partition coefficient (Wildman–Crippen LogP) is 3.70. The molecule has 1 heterocycles. The summed E-state index contributed by atoms with van der Waals surface area (Å²) >= 11 is 0. The van der Waals surface area contributed by atoms with E-state index in [9.17, 15) is 0 Å². The van der Waals surface area contributed by atoms with Crippen LogP contribution in [0.2, 0.25) is 0 Å². The fourth-order valence-corrected chi connectivity index (χ4v) is 2.73. The highest BCUT2D eigenvalue weighted by Gasteiger charge is 2.25. The third-order valence-electron chi connectivity index (χ3n) is 3.75. The fourth-order valence-electron chi connectivity index (χ4n) is 2.73. The minimum absolute atomic E-state index is 0.297. The van der Waals surface area contributed by atoms with Crippen LogP contribution in [0.3, 0.4) is 0 Å². The van der Waals surface area contributed by atoms with Crippen molar-refractivity contribution in [2.45, 2.75) is 51.7 Å². The highest BCUT2D eigenvalue weighted by atomic mass is 16.5. The van der Waals surface area contributed by atoms with Gasteiger partial charge in [0.15, 0.2) is 0 Å². The van der Waals surface area contributed by atoms with E-state index in [2.05, 4.69) is 36.5 Å². The third kappa shape index (κ3) is 4.22. The molecule has 3 nitrogen and oxygen atoms in total. The smallest absolute Gasteiger partial charge is 0.119 e. The van der Waals surface area contributed by atoms with Gasteiger partial charge in [-0.1, -0.05) is 19.1 Å². The maximum absolute atomic E-state index is 5.98. The number of benzene rings is 1. The molecule has 0 bridgehead atoms. The van der Waals surface area contributed by atoms with Gasteiger partial charge >= 0.3 is 0 Å². The molecule has 1 saturated heterocycles. The molecule has 112 valence electrons. The largest absolute Gasteiger partial charge is 0.494 e. The molecule has 2 atom stereocenters. The summed E-state index contributed by atoms with van der Waals surface area (Å²) in [6.45, 7) is 6.84. The van der Waals surface area contributed by atoms with Crippen molar-refractivity contribution in [3.63, 3.8) is 0 Å². The summed E-state index contributed by atoms with van der Waals surface area (Å²) in [5.41, 5.74) is 1.30. The monoisotopic (exact) mass is 277 g/mol. The van der Waals surface area contributed by atoms with E-state index in [1.165, 1.54) is 18.4 Å². The van der Waals surface area contributed by atoms with E-state index in [4.69, 9.17) is 9.47 Å². The quantitative estimate of drug-likeness (QED) is 0.824. The Labute approximate surface area is 122 Å². The minimum Gasteiger partial charge on any atom is -0.494 e. The molecule has 0 aromatic heterocycles. The summed E-state index contributed by atoms with van der Waals surface area (Å²) in [6, 6.07) is 8.74. The Morgan fingerprint density at radius 2 is 2.05 bits per heavy atom. The van der Waals surface area contributed by atoms with Gasteiger partial charge in [-0.3, -0.25) is 0 Å². The molecular formula is C17H27NO2. The van der Waals surface area contributed by atoms with Crippen molar-refractivity contribution in [3.05, 3.63) is 29.8 Å². The Kier molecular flexibility index (Phi) is 6.34. The van der Waals surface area contributed by atoms with Crippen LogP contribution >= 0.6 is 0 Å². The molecule has 0 spiro atoms. The lowest BCUT2D eigenvalue weighted by atomic mass is 9.95. The van der Waals surface area contributed by atoms with E-state index < -0.39 is 0 Å². The number of nitrogens with one attached hydrogen (secondary N) is 1. The molecule has 1 N–H and O–H groups in total. The molecule has 2 rings (SSSR count). The second-order valence-corrected chi connectivity index (χ2v) is 5.34. The van der Waals surface area contributed by atoms with Crippen molar-refractivity contribution in [2.75, 3.05) is 19.8 Å². The second kappa shape index (κ2) is 8.28. The summed E-state index contributed by atoms with van der Waals surface area (Å²) < 4.78 is 11.5. The average Bonchev–Trinajstić information content (AvgIpc) is 2.51. The van der Waals surface area contributed by atoms with E-state index in [1.807, 2.05) is 6.92 Å². The zero-order chi connectivity index (χ0) is 14.2. The highest BCUT2D eigenvalue weighted by molar-refractivity contribution is 5.30. The Hall–Kier alpha value is -1.06. The molecule has 3 heteroatoms. The predicted molar refractivity (Wildman–Crippen MR) is 82.2 cm³/mol. The molecule has 1 aliphatic heterocycles. The molecule has 1 aliphatic rings. The van der Waals surface area contributed by atoms with Crippen molar-refractivity contribution >= 4 is 0 Å². The van der Waals surface area contributed by atoms with Crippen LogP contribution in [-0.4, -0.2) is 25.9 Å². The zero-order valence-corrected chi connectivity index (χ0v) is 12.7. The van der Waals surface area contributed by atoms with Crippen molar-refractivity contribution in [3.8, 4) is 5.75 Å². The summed E-state index contributed by atoms with van der Waals surface area (Å²) in [5.74, 6) is 0.940. The molecular weight excluding hydrogens is 250 g/mol. The van der Waals surface area contributed by atoms with Gasteiger partial charge in [0.25, 0.3) is 0 Å². The van der Waals surface area contributed by atoms with Crippen LogP contribution in [0.25, 0.3) is 0 Å². The highest BCUT2D eigenvalue weighted by Crippen LogP contribution is 2.27. The Bertz CT molecular complexity index is 371. The lowest BCUT2D eigenvalue weighted by molar-refractivity contribution is -0.00816. The van der Waals surface area contributed by atoms with Crippen LogP contribution in [0.4, 0.5) is 0 Å². The van der Waals surface area contributed by atoms with Gasteiger partial charge < -0.3 is 14.8 Å². The maximum Gasteiger partial charge on any atom is 0.119 e. The summed E-state index contributed by atoms with van der Waals surface area (Å²) in [6.07, 6.45) is 5.05. The van der Waals surface area contributed by atoms with Crippen LogP contribution in [0.5, 0.6) is 5.75 Å². The average molecular weight is 277 g/mol. The first kappa shape index (κ1) is 15.3. The SMILES string of the molecule is CCCNC(c1ccc(OCC)cc1)C1CCCCO1. The normalized spacial score (nSPS) is 20.6. The molecule has 0 saturated carbocycles. The van der Waals surface area contributed by atoms with Gasteiger partial charge in [0.2, 0.25) is 0 Å². The van der Waals surface area contributed by atoms with Gasteiger partial charge in [-0.15, -0.1) is 0 Å². The molecule has 1 aromatic carbocycles. The molecule has 20 heavy (non-hydrogen) atoms. The van der Waals surface area contributed by atoms with Gasteiger partial charge in [-0.05, 0) is 56.8 Å². The van der Waals surface area contributed by atoms with Crippen LogP contribution in [0.15, 0.2) is 24.3 Å². The Balaban J connectivity index is 2.07. The summed E-state index contributed by atoms with van der Waals surface area (Å²) in [7, 11) is 0. The molecule has 0 amide bonds. The topological polar surface area (TPSA) is 30.5 Å². The van der Waals surface area contributed by atoms with Crippen molar-refractivity contribution in [1.29, 1.82) is 0 Å². The third-order valence-corrected chi connectivity index (χ3v) is 3.75. The Morgan fingerprint density at radius 1 is 1.25 bits per heavy atom. The number of rotatable bonds is 7. The lowest BCUT2D eigenvalue weighted by Gasteiger charge is -2.31. The van der Waals surface area contributed by atoms with E-state index in [1.54, 1.807) is 0 Å².